The lowest BCUT2D eigenvalue weighted by Crippen LogP contribution is -2.45. The van der Waals surface area contributed by atoms with Crippen LogP contribution in [-0.4, -0.2) is 34.9 Å². The third-order valence-electron chi connectivity index (χ3n) is 16.1. The molecule has 3 N–H and O–H groups in total. The molecule has 0 aromatic rings. The molecule has 0 aromatic heterocycles. The van der Waals surface area contributed by atoms with Crippen LogP contribution in [0.3, 0.4) is 0 Å². The van der Waals surface area contributed by atoms with Gasteiger partial charge in [-0.3, -0.25) is 4.79 Å². The Kier molecular flexibility index (Phi) is 70.7. The first-order chi connectivity index (χ1) is 41.7. The molecule has 0 aliphatic carbocycles. The van der Waals surface area contributed by atoms with Crippen LogP contribution in [0.15, 0.2) is 134 Å². The molecule has 0 spiro atoms. The second-order valence-corrected chi connectivity index (χ2v) is 24.3. The van der Waals surface area contributed by atoms with Crippen molar-refractivity contribution in [3.05, 3.63) is 134 Å². The number of carbonyl (C=O) groups is 1. The van der Waals surface area contributed by atoms with E-state index in [9.17, 15) is 15.0 Å². The highest BCUT2D eigenvalue weighted by Gasteiger charge is 2.18. The molecule has 0 heterocycles. The first-order valence-corrected chi connectivity index (χ1v) is 36.4. The second-order valence-electron chi connectivity index (χ2n) is 24.3. The molecular formula is C80H139NO3. The summed E-state index contributed by atoms with van der Waals surface area (Å²) < 4.78 is 0. The predicted molar refractivity (Wildman–Crippen MR) is 377 cm³/mol. The summed E-state index contributed by atoms with van der Waals surface area (Å²) in [5.41, 5.74) is 0. The Bertz CT molecular complexity index is 1650. The van der Waals surface area contributed by atoms with Crippen molar-refractivity contribution in [3.63, 3.8) is 0 Å². The fourth-order valence-electron chi connectivity index (χ4n) is 10.6. The number of hydrogen-bond donors (Lipinski definition) is 3. The fraction of sp³-hybridized carbons (Fsp3) is 0.713. The van der Waals surface area contributed by atoms with Crippen LogP contribution >= 0.6 is 0 Å². The minimum Gasteiger partial charge on any atom is -0.394 e. The summed E-state index contributed by atoms with van der Waals surface area (Å²) in [5, 5.41) is 23.3. The van der Waals surface area contributed by atoms with Crippen LogP contribution in [0.2, 0.25) is 0 Å². The van der Waals surface area contributed by atoms with Crippen LogP contribution in [0.4, 0.5) is 0 Å². The van der Waals surface area contributed by atoms with Gasteiger partial charge in [-0.2, -0.15) is 0 Å². The lowest BCUT2D eigenvalue weighted by atomic mass is 10.0. The van der Waals surface area contributed by atoms with Gasteiger partial charge in [0.2, 0.25) is 5.91 Å². The van der Waals surface area contributed by atoms with Crippen molar-refractivity contribution in [2.24, 2.45) is 0 Å². The summed E-state index contributed by atoms with van der Waals surface area (Å²) in [6.45, 7) is 4.20. The highest BCUT2D eigenvalue weighted by atomic mass is 16.3. The minimum absolute atomic E-state index is 0.0782. The molecule has 0 aliphatic rings. The van der Waals surface area contributed by atoms with E-state index in [4.69, 9.17) is 0 Å². The van der Waals surface area contributed by atoms with E-state index in [0.717, 1.165) is 89.9 Å². The normalized spacial score (nSPS) is 13.5. The summed E-state index contributed by atoms with van der Waals surface area (Å²) >= 11 is 0. The summed E-state index contributed by atoms with van der Waals surface area (Å²) in [5.74, 6) is -0.0782. The maximum Gasteiger partial charge on any atom is 0.220 e. The molecule has 0 fully saturated rings. The highest BCUT2D eigenvalue weighted by molar-refractivity contribution is 5.76. The molecule has 0 saturated carbocycles. The van der Waals surface area contributed by atoms with Crippen LogP contribution in [0, 0.1) is 0 Å². The summed E-state index contributed by atoms with van der Waals surface area (Å²) in [7, 11) is 0. The van der Waals surface area contributed by atoms with Gasteiger partial charge in [-0.25, -0.2) is 0 Å². The van der Waals surface area contributed by atoms with Crippen LogP contribution < -0.4 is 5.32 Å². The third kappa shape index (κ3) is 69.3. The topological polar surface area (TPSA) is 69.6 Å². The molecule has 0 rings (SSSR count). The monoisotopic (exact) mass is 1160 g/mol. The largest absolute Gasteiger partial charge is 0.394 e. The number of unbranched alkanes of at least 4 members (excludes halogenated alkanes) is 39. The predicted octanol–water partition coefficient (Wildman–Crippen LogP) is 25.3. The van der Waals surface area contributed by atoms with Crippen LogP contribution in [0.1, 0.15) is 348 Å². The molecule has 1 amide bonds. The number of aliphatic hydroxyl groups is 2. The zero-order valence-electron chi connectivity index (χ0n) is 55.6. The minimum atomic E-state index is -0.879. The van der Waals surface area contributed by atoms with Crippen molar-refractivity contribution >= 4 is 5.91 Å². The van der Waals surface area contributed by atoms with Gasteiger partial charge in [0.15, 0.2) is 0 Å². The zero-order valence-corrected chi connectivity index (χ0v) is 55.6. The van der Waals surface area contributed by atoms with E-state index in [-0.39, 0.29) is 12.5 Å². The Hall–Kier alpha value is -3.47. The van der Waals surface area contributed by atoms with Crippen LogP contribution in [0.25, 0.3) is 0 Å². The van der Waals surface area contributed by atoms with Gasteiger partial charge >= 0.3 is 0 Å². The number of allylic oxidation sites excluding steroid dienone is 21. The number of nitrogens with one attached hydrogen (secondary N) is 1. The van der Waals surface area contributed by atoms with E-state index in [0.29, 0.717) is 6.42 Å². The van der Waals surface area contributed by atoms with Crippen molar-refractivity contribution in [3.8, 4) is 0 Å². The fourth-order valence-corrected chi connectivity index (χ4v) is 10.6. The van der Waals surface area contributed by atoms with Crippen molar-refractivity contribution in [1.29, 1.82) is 0 Å². The summed E-state index contributed by atoms with van der Waals surface area (Å²) in [4.78, 5) is 12.5. The molecule has 0 aromatic carbocycles. The van der Waals surface area contributed by atoms with Gasteiger partial charge in [-0.1, -0.05) is 366 Å². The van der Waals surface area contributed by atoms with Crippen molar-refractivity contribution in [2.75, 3.05) is 6.61 Å². The molecule has 84 heavy (non-hydrogen) atoms. The van der Waals surface area contributed by atoms with Crippen LogP contribution in [-0.2, 0) is 4.79 Å². The van der Waals surface area contributed by atoms with Gasteiger partial charge in [0.1, 0.15) is 0 Å². The standard InChI is InChI=1S/C80H139NO3/c1-3-5-7-9-11-13-15-17-19-21-23-25-27-29-31-33-35-36-37-38-39-40-41-42-43-44-46-48-50-52-54-56-58-60-62-64-66-68-70-72-74-76-80(84)81-78(77-82)79(83)75-73-71-69-67-65-63-61-59-57-55-53-51-49-47-45-34-32-30-28-26-24-22-20-18-16-14-12-10-8-6-4-2/h5,7,11,13,17,19,23,25,29,31,35-36,38-39,41-42,57,59,65,67,73,75,78-79,82-83H,3-4,6,8-10,12,14-16,18,20-22,24,26-28,30,32-34,37,40,43-56,58,60-64,66,68-72,74,76-77H2,1-2H3,(H,81,84)/b7-5-,13-11-,19-17-,25-23-,31-29-,36-35-,39-38-,42-41-,59-57+,67-65+,75-73+. The summed E-state index contributed by atoms with van der Waals surface area (Å²) in [6, 6.07) is -0.655. The molecule has 4 heteroatoms. The van der Waals surface area contributed by atoms with E-state index < -0.39 is 12.1 Å². The van der Waals surface area contributed by atoms with Gasteiger partial charge in [0, 0.05) is 6.42 Å². The number of rotatable bonds is 66. The van der Waals surface area contributed by atoms with Crippen molar-refractivity contribution in [1.82, 2.24) is 5.32 Å². The molecule has 482 valence electrons. The Morgan fingerprint density at radius 1 is 0.298 bits per heavy atom. The average molecular weight is 1160 g/mol. The van der Waals surface area contributed by atoms with Gasteiger partial charge in [-0.05, 0) is 109 Å². The van der Waals surface area contributed by atoms with Crippen molar-refractivity contribution in [2.45, 2.75) is 360 Å². The smallest absolute Gasteiger partial charge is 0.220 e. The van der Waals surface area contributed by atoms with Gasteiger partial charge in [0.05, 0.1) is 18.8 Å². The second kappa shape index (κ2) is 73.8. The highest BCUT2D eigenvalue weighted by Crippen LogP contribution is 2.18. The van der Waals surface area contributed by atoms with E-state index in [1.807, 2.05) is 6.08 Å². The third-order valence-corrected chi connectivity index (χ3v) is 16.1. The molecule has 0 saturated heterocycles. The van der Waals surface area contributed by atoms with E-state index >= 15 is 0 Å². The molecule has 0 bridgehead atoms. The van der Waals surface area contributed by atoms with Gasteiger partial charge in [-0.15, -0.1) is 0 Å². The van der Waals surface area contributed by atoms with E-state index in [1.165, 1.54) is 238 Å². The molecule has 0 aliphatic heterocycles. The average Bonchev–Trinajstić information content (AvgIpc) is 3.51. The van der Waals surface area contributed by atoms with E-state index in [2.05, 4.69) is 141 Å². The molecule has 2 atom stereocenters. The Morgan fingerprint density at radius 3 is 0.833 bits per heavy atom. The van der Waals surface area contributed by atoms with Gasteiger partial charge < -0.3 is 15.5 Å². The maximum atomic E-state index is 12.5. The number of aliphatic hydroxyl groups excluding tert-OH is 2. The Morgan fingerprint density at radius 2 is 0.536 bits per heavy atom. The van der Waals surface area contributed by atoms with E-state index in [1.54, 1.807) is 6.08 Å². The zero-order chi connectivity index (χ0) is 60.5. The first-order valence-electron chi connectivity index (χ1n) is 36.4. The lowest BCUT2D eigenvalue weighted by molar-refractivity contribution is -0.123. The SMILES string of the molecule is CC/C=C\C/C=C\C/C=C\C/C=C\C/C=C\C/C=C\C/C=C\C/C=C\CCCCCCCCCCCCCCCCCCC(=O)NC(CO)C(O)/C=C/CC/C=C/CC/C=C/CCCCCCCCCCCCCCCCCCCCCCC. The number of carbonyl (C=O) groups excluding carboxylic acids is 1. The summed E-state index contributed by atoms with van der Waals surface area (Å²) in [6.07, 6.45) is 114. The molecular weight excluding hydrogens is 1020 g/mol. The van der Waals surface area contributed by atoms with Crippen LogP contribution in [0.5, 0.6) is 0 Å². The lowest BCUT2D eigenvalue weighted by Gasteiger charge is -2.19. The molecule has 4 nitrogen and oxygen atoms in total. The Balaban J connectivity index is 3.54. The number of amides is 1. The molecule has 0 radical (unpaired) electrons. The number of hydrogen-bond acceptors (Lipinski definition) is 3. The van der Waals surface area contributed by atoms with Gasteiger partial charge in [0.25, 0.3) is 0 Å². The Labute approximate surface area is 523 Å². The van der Waals surface area contributed by atoms with Crippen molar-refractivity contribution < 1.29 is 15.0 Å². The quantitative estimate of drug-likeness (QED) is 0.0420. The molecule has 2 unspecified atom stereocenters. The maximum absolute atomic E-state index is 12.5. The first kappa shape index (κ1) is 80.5.